The zero-order valence-corrected chi connectivity index (χ0v) is 10.8. The van der Waals surface area contributed by atoms with Crippen LogP contribution < -0.4 is 10.7 Å². The lowest BCUT2D eigenvalue weighted by molar-refractivity contribution is -0.132. The van der Waals surface area contributed by atoms with Crippen molar-refractivity contribution < 1.29 is 14.4 Å². The summed E-state index contributed by atoms with van der Waals surface area (Å²) in [5.74, 6) is -0.639. The van der Waals surface area contributed by atoms with Crippen molar-refractivity contribution in [1.82, 2.24) is 15.6 Å². The number of nitrogens with one attached hydrogen (secondary N) is 2. The van der Waals surface area contributed by atoms with Crippen LogP contribution in [0.25, 0.3) is 0 Å². The fourth-order valence-electron chi connectivity index (χ4n) is 2.15. The number of nitrogens with zero attached hydrogens (tertiary/aromatic N) is 2. The molecule has 2 aliphatic heterocycles. The van der Waals surface area contributed by atoms with Crippen molar-refractivity contribution in [3.8, 4) is 0 Å². The molecule has 7 nitrogen and oxygen atoms in total. The van der Waals surface area contributed by atoms with Crippen LogP contribution in [0.4, 0.5) is 0 Å². The molecule has 0 atom stereocenters. The summed E-state index contributed by atoms with van der Waals surface area (Å²) in [5, 5.41) is 6.23. The van der Waals surface area contributed by atoms with Crippen molar-refractivity contribution >= 4 is 23.4 Å². The second-order valence-electron chi connectivity index (χ2n) is 4.72. The van der Waals surface area contributed by atoms with Gasteiger partial charge in [0, 0.05) is 25.9 Å². The van der Waals surface area contributed by atoms with Gasteiger partial charge in [-0.15, -0.1) is 0 Å². The van der Waals surface area contributed by atoms with E-state index in [4.69, 9.17) is 0 Å². The SMILES string of the molecule is O=C1CCC(C(=O)NCC(=O)N2CCCCC2)=NN1. The monoisotopic (exact) mass is 266 g/mol. The Morgan fingerprint density at radius 1 is 1.21 bits per heavy atom. The third kappa shape index (κ3) is 3.77. The van der Waals surface area contributed by atoms with E-state index in [-0.39, 0.29) is 36.4 Å². The second-order valence-corrected chi connectivity index (χ2v) is 4.72. The fourth-order valence-corrected chi connectivity index (χ4v) is 2.15. The van der Waals surface area contributed by atoms with Crippen LogP contribution in [-0.4, -0.2) is 48.0 Å². The smallest absolute Gasteiger partial charge is 0.267 e. The van der Waals surface area contributed by atoms with Gasteiger partial charge in [0.25, 0.3) is 5.91 Å². The van der Waals surface area contributed by atoms with Crippen molar-refractivity contribution in [3.05, 3.63) is 0 Å². The number of rotatable bonds is 3. The first-order valence-electron chi connectivity index (χ1n) is 6.58. The number of piperidine rings is 1. The molecule has 3 amide bonds. The summed E-state index contributed by atoms with van der Waals surface area (Å²) in [6, 6.07) is 0. The molecule has 19 heavy (non-hydrogen) atoms. The van der Waals surface area contributed by atoms with Crippen LogP contribution in [0.2, 0.25) is 0 Å². The quantitative estimate of drug-likeness (QED) is 0.713. The van der Waals surface area contributed by atoms with Crippen molar-refractivity contribution in [1.29, 1.82) is 0 Å². The second kappa shape index (κ2) is 6.31. The minimum Gasteiger partial charge on any atom is -0.342 e. The maximum absolute atomic E-state index is 11.8. The number of hydrogen-bond acceptors (Lipinski definition) is 4. The average molecular weight is 266 g/mol. The molecule has 0 spiro atoms. The summed E-state index contributed by atoms with van der Waals surface area (Å²) in [4.78, 5) is 36.2. The van der Waals surface area contributed by atoms with Crippen LogP contribution in [0.1, 0.15) is 32.1 Å². The first-order valence-corrected chi connectivity index (χ1v) is 6.58. The zero-order chi connectivity index (χ0) is 13.7. The molecule has 1 fully saturated rings. The number of carbonyl (C=O) groups excluding carboxylic acids is 3. The van der Waals surface area contributed by atoms with Gasteiger partial charge in [0.15, 0.2) is 0 Å². The van der Waals surface area contributed by atoms with Gasteiger partial charge in [-0.25, -0.2) is 5.43 Å². The molecule has 2 heterocycles. The van der Waals surface area contributed by atoms with Gasteiger partial charge in [0.05, 0.1) is 6.54 Å². The minimum absolute atomic E-state index is 0.00814. The summed E-state index contributed by atoms with van der Waals surface area (Å²) >= 11 is 0. The highest BCUT2D eigenvalue weighted by molar-refractivity contribution is 6.39. The Labute approximate surface area is 111 Å². The standard InChI is InChI=1S/C12H18N4O3/c17-10-5-4-9(14-15-10)12(19)13-8-11(18)16-6-2-1-3-7-16/h1-8H2,(H,13,19)(H,15,17). The molecule has 0 aromatic carbocycles. The van der Waals surface area contributed by atoms with E-state index in [1.54, 1.807) is 4.90 Å². The van der Waals surface area contributed by atoms with Crippen molar-refractivity contribution in [2.75, 3.05) is 19.6 Å². The molecule has 2 aliphatic rings. The Morgan fingerprint density at radius 2 is 1.95 bits per heavy atom. The number of hydrazone groups is 1. The molecule has 7 heteroatoms. The van der Waals surface area contributed by atoms with E-state index in [9.17, 15) is 14.4 Å². The van der Waals surface area contributed by atoms with Crippen molar-refractivity contribution in [2.24, 2.45) is 5.10 Å². The minimum atomic E-state index is -0.384. The van der Waals surface area contributed by atoms with Gasteiger partial charge < -0.3 is 10.2 Å². The summed E-state index contributed by atoms with van der Waals surface area (Å²) < 4.78 is 0. The lowest BCUT2D eigenvalue weighted by Gasteiger charge is -2.26. The molecule has 0 radical (unpaired) electrons. The Kier molecular flexibility index (Phi) is 4.48. The van der Waals surface area contributed by atoms with Crippen LogP contribution >= 0.6 is 0 Å². The molecule has 2 N–H and O–H groups in total. The third-order valence-corrected chi connectivity index (χ3v) is 3.28. The van der Waals surface area contributed by atoms with Crippen LogP contribution in [0, 0.1) is 0 Å². The predicted octanol–water partition coefficient (Wildman–Crippen LogP) is -0.619. The van der Waals surface area contributed by atoms with Gasteiger partial charge >= 0.3 is 0 Å². The lowest BCUT2D eigenvalue weighted by atomic mass is 10.1. The summed E-state index contributed by atoms with van der Waals surface area (Å²) in [7, 11) is 0. The number of hydrogen-bond donors (Lipinski definition) is 2. The van der Waals surface area contributed by atoms with Crippen LogP contribution in [0.5, 0.6) is 0 Å². The molecule has 2 rings (SSSR count). The third-order valence-electron chi connectivity index (χ3n) is 3.28. The zero-order valence-electron chi connectivity index (χ0n) is 10.8. The van der Waals surface area contributed by atoms with Crippen LogP contribution in [0.15, 0.2) is 5.10 Å². The Hall–Kier alpha value is -1.92. The van der Waals surface area contributed by atoms with Crippen LogP contribution in [-0.2, 0) is 14.4 Å². The first-order chi connectivity index (χ1) is 9.16. The van der Waals surface area contributed by atoms with E-state index in [2.05, 4.69) is 15.8 Å². The summed E-state index contributed by atoms with van der Waals surface area (Å²) in [5.41, 5.74) is 2.53. The maximum atomic E-state index is 11.8. The Morgan fingerprint density at radius 3 is 2.58 bits per heavy atom. The molecular weight excluding hydrogens is 248 g/mol. The van der Waals surface area contributed by atoms with Crippen molar-refractivity contribution in [3.63, 3.8) is 0 Å². The van der Waals surface area contributed by atoms with Gasteiger partial charge in [-0.3, -0.25) is 14.4 Å². The van der Waals surface area contributed by atoms with Gasteiger partial charge in [0.2, 0.25) is 11.8 Å². The van der Waals surface area contributed by atoms with Gasteiger partial charge in [0.1, 0.15) is 5.71 Å². The predicted molar refractivity (Wildman–Crippen MR) is 68.3 cm³/mol. The fraction of sp³-hybridized carbons (Fsp3) is 0.667. The molecule has 1 saturated heterocycles. The Balaban J connectivity index is 1.76. The molecule has 104 valence electrons. The highest BCUT2D eigenvalue weighted by atomic mass is 16.2. The topological polar surface area (TPSA) is 90.9 Å². The largest absolute Gasteiger partial charge is 0.342 e. The first kappa shape index (κ1) is 13.5. The molecular formula is C12H18N4O3. The van der Waals surface area contributed by atoms with Crippen LogP contribution in [0.3, 0.4) is 0 Å². The van der Waals surface area contributed by atoms with E-state index in [1.807, 2.05) is 0 Å². The molecule has 0 aromatic heterocycles. The molecule has 0 unspecified atom stereocenters. The van der Waals surface area contributed by atoms with E-state index in [0.29, 0.717) is 6.42 Å². The van der Waals surface area contributed by atoms with Gasteiger partial charge in [-0.05, 0) is 19.3 Å². The summed E-state index contributed by atoms with van der Waals surface area (Å²) in [6.45, 7) is 1.53. The lowest BCUT2D eigenvalue weighted by Crippen LogP contribution is -2.45. The average Bonchev–Trinajstić information content (AvgIpc) is 2.46. The van der Waals surface area contributed by atoms with E-state index in [0.717, 1.165) is 32.4 Å². The molecule has 0 aromatic rings. The Bertz CT molecular complexity index is 413. The highest BCUT2D eigenvalue weighted by Crippen LogP contribution is 2.08. The molecule has 0 bridgehead atoms. The van der Waals surface area contributed by atoms with Gasteiger partial charge in [-0.1, -0.05) is 0 Å². The number of likely N-dealkylation sites (tertiary alicyclic amines) is 1. The molecule has 0 aliphatic carbocycles. The summed E-state index contributed by atoms with van der Waals surface area (Å²) in [6.07, 6.45) is 3.78. The normalized spacial score (nSPS) is 19.5. The van der Waals surface area contributed by atoms with Crippen molar-refractivity contribution in [2.45, 2.75) is 32.1 Å². The van der Waals surface area contributed by atoms with E-state index >= 15 is 0 Å². The molecule has 0 saturated carbocycles. The maximum Gasteiger partial charge on any atom is 0.267 e. The van der Waals surface area contributed by atoms with Gasteiger partial charge in [-0.2, -0.15) is 5.10 Å². The highest BCUT2D eigenvalue weighted by Gasteiger charge is 2.20. The van der Waals surface area contributed by atoms with E-state index < -0.39 is 0 Å². The number of amides is 3. The van der Waals surface area contributed by atoms with E-state index in [1.165, 1.54) is 0 Å². The number of carbonyl (C=O) groups is 3.